The summed E-state index contributed by atoms with van der Waals surface area (Å²) in [5.74, 6) is 0. The molecule has 0 saturated carbocycles. The van der Waals surface area contributed by atoms with Crippen LogP contribution in [0.5, 0.6) is 0 Å². The Morgan fingerprint density at radius 1 is 1.14 bits per heavy atom. The molecule has 0 N–H and O–H groups in total. The Morgan fingerprint density at radius 3 is 1.14 bits per heavy atom. The molecular weight excluding hydrogens is 412 g/mol. The molecule has 0 unspecified atom stereocenters. The molecule has 0 saturated heterocycles. The fourth-order valence-corrected chi connectivity index (χ4v) is 0. The molecule has 0 aromatic rings. The zero-order chi connectivity index (χ0) is 4.50. The van der Waals surface area contributed by atoms with E-state index in [0.29, 0.717) is 0 Å². The Bertz CT molecular complexity index is 57.8. The van der Waals surface area contributed by atoms with E-state index in [9.17, 15) is 0 Å². The maximum absolute atomic E-state index is 8.55. The van der Waals surface area contributed by atoms with Crippen LogP contribution in [0.2, 0.25) is 0 Å². The average molecular weight is 412 g/mol. The third-order valence-corrected chi connectivity index (χ3v) is 0. The molecule has 0 radical (unpaired) electrons. The number of hydrogen-bond acceptors (Lipinski definition) is 4. The van der Waals surface area contributed by atoms with Gasteiger partial charge in [0.15, 0.2) is 0 Å². The van der Waals surface area contributed by atoms with Crippen molar-refractivity contribution in [2.75, 3.05) is 0 Å². The summed E-state index contributed by atoms with van der Waals surface area (Å²) < 4.78 is 8.55. The Balaban J connectivity index is -0.0000000800. The summed E-state index contributed by atoms with van der Waals surface area (Å²) in [5.41, 5.74) is 0. The van der Waals surface area contributed by atoms with Crippen molar-refractivity contribution in [3.63, 3.8) is 0 Å². The Hall–Kier alpha value is 2.85. The molecule has 0 spiro atoms. The zero-order valence-corrected chi connectivity index (χ0v) is 13.6. The van der Waals surface area contributed by atoms with E-state index in [0.717, 1.165) is 0 Å². The van der Waals surface area contributed by atoms with Gasteiger partial charge in [0.2, 0.25) is 0 Å². The second-order valence-corrected chi connectivity index (χ2v) is 1.34. The number of rotatable bonds is 0. The number of phosphoric acid groups is 1. The van der Waals surface area contributed by atoms with Crippen LogP contribution in [0.1, 0.15) is 0 Å². The predicted octanol–water partition coefficient (Wildman–Crippen LogP) is -5.82. The van der Waals surface area contributed by atoms with Gasteiger partial charge in [-0.25, -0.2) is 0 Å². The van der Waals surface area contributed by atoms with E-state index in [1.807, 2.05) is 0 Å². The third kappa shape index (κ3) is 51.1. The van der Waals surface area contributed by atoms with Gasteiger partial charge in [-0.05, 0) is 0 Å². The molecular formula is CsO4PW-2. The predicted molar refractivity (Wildman–Crippen MR) is 7.61 cm³/mol. The molecule has 7 heteroatoms. The molecule has 0 aliphatic carbocycles. The summed E-state index contributed by atoms with van der Waals surface area (Å²) in [6, 6.07) is 0. The minimum Gasteiger partial charge on any atom is -0.822 e. The fraction of sp³-hybridized carbons (Fsp3) is 0. The minimum absolute atomic E-state index is 0. The topological polar surface area (TPSA) is 86.2 Å². The van der Waals surface area contributed by atoms with Gasteiger partial charge in [0.25, 0.3) is 0 Å². The Kier molecular flexibility index (Phi) is 16.4. The fourth-order valence-electron chi connectivity index (χ4n) is 0. The second-order valence-electron chi connectivity index (χ2n) is 0.447. The Labute approximate surface area is 114 Å². The molecule has 0 fully saturated rings. The van der Waals surface area contributed by atoms with Gasteiger partial charge < -0.3 is 19.2 Å². The molecule has 0 aliphatic heterocycles. The summed E-state index contributed by atoms with van der Waals surface area (Å²) in [6.45, 7) is 0. The molecule has 0 atom stereocenters. The van der Waals surface area contributed by atoms with Gasteiger partial charge in [0, 0.05) is 21.1 Å². The molecule has 0 heterocycles. The van der Waals surface area contributed by atoms with Crippen molar-refractivity contribution in [3.8, 4) is 0 Å². The number of hydrogen-bond donors (Lipinski definition) is 0. The van der Waals surface area contributed by atoms with Crippen molar-refractivity contribution in [1.29, 1.82) is 0 Å². The summed E-state index contributed by atoms with van der Waals surface area (Å²) in [6.07, 6.45) is 0. The first-order valence-corrected chi connectivity index (χ1v) is 2.19. The van der Waals surface area contributed by atoms with Crippen molar-refractivity contribution in [2.45, 2.75) is 0 Å². The molecule has 0 aromatic carbocycles. The van der Waals surface area contributed by atoms with E-state index in [-0.39, 0.29) is 90.0 Å². The first kappa shape index (κ1) is 16.4. The van der Waals surface area contributed by atoms with Gasteiger partial charge in [-0.15, -0.1) is 0 Å². The van der Waals surface area contributed by atoms with Crippen LogP contribution >= 0.6 is 7.82 Å². The average Bonchev–Trinajstić information content (AvgIpc) is 0.722. The smallest absolute Gasteiger partial charge is 0.822 e. The van der Waals surface area contributed by atoms with E-state index < -0.39 is 7.82 Å². The van der Waals surface area contributed by atoms with Crippen LogP contribution in [0.15, 0.2) is 0 Å². The molecule has 38 valence electrons. The van der Waals surface area contributed by atoms with Gasteiger partial charge in [-0.3, -0.25) is 0 Å². The van der Waals surface area contributed by atoms with Crippen LogP contribution in [-0.2, 0) is 25.6 Å². The van der Waals surface area contributed by atoms with Crippen molar-refractivity contribution < 1.29 is 109 Å². The van der Waals surface area contributed by atoms with Gasteiger partial charge in [-0.2, -0.15) is 7.82 Å². The largest absolute Gasteiger partial charge is 1.00 e. The normalized spacial score (nSPS) is 8.43. The molecule has 0 aromatic heterocycles. The van der Waals surface area contributed by atoms with Crippen LogP contribution in [0.25, 0.3) is 0 Å². The zero-order valence-electron chi connectivity index (χ0n) is 3.49. The molecule has 0 aliphatic rings. The van der Waals surface area contributed by atoms with Crippen molar-refractivity contribution in [1.82, 2.24) is 0 Å². The summed E-state index contributed by atoms with van der Waals surface area (Å²) in [5, 5.41) is 0. The Morgan fingerprint density at radius 2 is 1.14 bits per heavy atom. The third-order valence-electron chi connectivity index (χ3n) is 0. The van der Waals surface area contributed by atoms with E-state index in [4.69, 9.17) is 19.2 Å². The van der Waals surface area contributed by atoms with Crippen molar-refractivity contribution in [2.24, 2.45) is 0 Å². The second kappa shape index (κ2) is 6.96. The summed E-state index contributed by atoms with van der Waals surface area (Å²) in [7, 11) is -5.39. The molecule has 0 bridgehead atoms. The molecule has 4 nitrogen and oxygen atoms in total. The van der Waals surface area contributed by atoms with Crippen molar-refractivity contribution in [3.05, 3.63) is 0 Å². The van der Waals surface area contributed by atoms with Gasteiger partial charge in [0.05, 0.1) is 0 Å². The van der Waals surface area contributed by atoms with E-state index in [1.54, 1.807) is 0 Å². The van der Waals surface area contributed by atoms with Crippen LogP contribution in [0.3, 0.4) is 0 Å². The van der Waals surface area contributed by atoms with E-state index in [1.165, 1.54) is 0 Å². The maximum Gasteiger partial charge on any atom is 1.00 e. The molecule has 0 amide bonds. The maximum atomic E-state index is 8.55. The monoisotopic (exact) mass is 412 g/mol. The van der Waals surface area contributed by atoms with Crippen LogP contribution in [0, 0.1) is 0 Å². The van der Waals surface area contributed by atoms with Gasteiger partial charge in [-0.1, -0.05) is 0 Å². The van der Waals surface area contributed by atoms with E-state index >= 15 is 0 Å². The standard InChI is InChI=1S/Cs.H3O4P.W/c;1-5(2,3)4;/h;(H3,1,2,3,4);/q+1;;/p-3. The van der Waals surface area contributed by atoms with E-state index in [2.05, 4.69) is 0 Å². The quantitative estimate of drug-likeness (QED) is 0.372. The first-order chi connectivity index (χ1) is 2.00. The summed E-state index contributed by atoms with van der Waals surface area (Å²) >= 11 is 0. The van der Waals surface area contributed by atoms with Crippen molar-refractivity contribution >= 4 is 7.82 Å². The van der Waals surface area contributed by atoms with Gasteiger partial charge >= 0.3 is 68.9 Å². The first-order valence-electron chi connectivity index (χ1n) is 0.730. The van der Waals surface area contributed by atoms with Crippen LogP contribution in [-0.4, -0.2) is 0 Å². The van der Waals surface area contributed by atoms with Crippen LogP contribution in [0.4, 0.5) is 0 Å². The SMILES string of the molecule is O=P([O-])([O-])[O-].[Cs+].[W]. The summed E-state index contributed by atoms with van der Waals surface area (Å²) in [4.78, 5) is 25.6. The van der Waals surface area contributed by atoms with Crippen LogP contribution < -0.4 is 83.6 Å². The minimum atomic E-state index is -5.39. The van der Waals surface area contributed by atoms with Gasteiger partial charge in [0.1, 0.15) is 0 Å². The molecule has 7 heavy (non-hydrogen) atoms. The molecule has 0 rings (SSSR count).